The van der Waals surface area contributed by atoms with Crippen LogP contribution in [0.25, 0.3) is 0 Å². The number of carbonyl (C=O) groups is 1. The number of hydrogen-bond donors (Lipinski definition) is 1. The Morgan fingerprint density at radius 3 is 2.53 bits per heavy atom. The summed E-state index contributed by atoms with van der Waals surface area (Å²) in [5.41, 5.74) is 3.47. The molecule has 0 atom stereocenters. The molecule has 4 heterocycles. The van der Waals surface area contributed by atoms with Crippen molar-refractivity contribution in [2.24, 2.45) is 0 Å². The summed E-state index contributed by atoms with van der Waals surface area (Å²) in [7, 11) is -3.77. The maximum absolute atomic E-state index is 13.3. The molecule has 3 aromatic rings. The molecule has 36 heavy (non-hydrogen) atoms. The first kappa shape index (κ1) is 23.0. The van der Waals surface area contributed by atoms with Crippen LogP contribution in [-0.2, 0) is 23.1 Å². The molecule has 186 valence electrons. The number of piperazine rings is 1. The van der Waals surface area contributed by atoms with Gasteiger partial charge >= 0.3 is 0 Å². The van der Waals surface area contributed by atoms with E-state index in [1.807, 2.05) is 18.2 Å². The van der Waals surface area contributed by atoms with Crippen molar-refractivity contribution < 1.29 is 22.7 Å². The monoisotopic (exact) mass is 506 g/mol. The van der Waals surface area contributed by atoms with E-state index in [9.17, 15) is 13.2 Å². The molecule has 9 nitrogen and oxygen atoms in total. The fourth-order valence-electron chi connectivity index (χ4n) is 4.79. The molecule has 3 aliphatic rings. The van der Waals surface area contributed by atoms with Crippen LogP contribution < -0.4 is 19.7 Å². The van der Waals surface area contributed by atoms with Crippen LogP contribution in [0.15, 0.2) is 59.6 Å². The molecular weight excluding hydrogens is 480 g/mol. The molecule has 1 N–H and O–H groups in total. The smallest absolute Gasteiger partial charge is 0.243 e. The quantitative estimate of drug-likeness (QED) is 0.526. The zero-order valence-corrected chi connectivity index (χ0v) is 20.5. The molecule has 0 aliphatic carbocycles. The predicted molar refractivity (Wildman–Crippen MR) is 133 cm³/mol. The Balaban J connectivity index is 1.22. The third-order valence-electron chi connectivity index (χ3n) is 6.75. The van der Waals surface area contributed by atoms with Gasteiger partial charge in [0.1, 0.15) is 18.9 Å². The number of carbonyl (C=O) groups excluding carboxylic acids is 1. The van der Waals surface area contributed by atoms with Crippen molar-refractivity contribution in [1.82, 2.24) is 14.6 Å². The van der Waals surface area contributed by atoms with Gasteiger partial charge in [0.05, 0.1) is 4.90 Å². The lowest BCUT2D eigenvalue weighted by Gasteiger charge is -2.29. The summed E-state index contributed by atoms with van der Waals surface area (Å²) in [6.45, 7) is 4.81. The Kier molecular flexibility index (Phi) is 5.87. The SMILES string of the molecule is O=C(c1cccc(N2CCNCC2)c1)c1cc2c(cn1)CN(S(=O)(=O)c1ccc3c(c1)OCCO3)C2. The summed E-state index contributed by atoms with van der Waals surface area (Å²) in [5, 5.41) is 3.33. The number of benzene rings is 2. The molecule has 0 spiro atoms. The van der Waals surface area contributed by atoms with Crippen LogP contribution in [0, 0.1) is 0 Å². The normalized spacial score (nSPS) is 17.6. The van der Waals surface area contributed by atoms with E-state index in [1.54, 1.807) is 24.4 Å². The van der Waals surface area contributed by atoms with Crippen LogP contribution in [0.2, 0.25) is 0 Å². The van der Waals surface area contributed by atoms with E-state index >= 15 is 0 Å². The van der Waals surface area contributed by atoms with Crippen LogP contribution in [0.5, 0.6) is 11.5 Å². The minimum atomic E-state index is -3.77. The Hall–Kier alpha value is -3.47. The van der Waals surface area contributed by atoms with Gasteiger partial charge in [-0.05, 0) is 41.5 Å². The topological polar surface area (TPSA) is 101 Å². The first-order valence-electron chi connectivity index (χ1n) is 12.0. The first-order chi connectivity index (χ1) is 17.5. The van der Waals surface area contributed by atoms with E-state index in [-0.39, 0.29) is 23.8 Å². The Morgan fingerprint density at radius 2 is 1.69 bits per heavy atom. The molecule has 1 fully saturated rings. The molecule has 10 heteroatoms. The fourth-order valence-corrected chi connectivity index (χ4v) is 6.21. The number of rotatable bonds is 5. The zero-order chi connectivity index (χ0) is 24.7. The van der Waals surface area contributed by atoms with Gasteiger partial charge in [-0.3, -0.25) is 9.78 Å². The van der Waals surface area contributed by atoms with Crippen molar-refractivity contribution in [1.29, 1.82) is 0 Å². The van der Waals surface area contributed by atoms with Crippen LogP contribution in [-0.4, -0.2) is 62.9 Å². The summed E-state index contributed by atoms with van der Waals surface area (Å²) in [6, 6.07) is 14.0. The lowest BCUT2D eigenvalue weighted by molar-refractivity contribution is 0.103. The number of hydrogen-bond acceptors (Lipinski definition) is 8. The minimum absolute atomic E-state index is 0.147. The Labute approximate surface area is 209 Å². The van der Waals surface area contributed by atoms with Gasteiger partial charge in [-0.1, -0.05) is 12.1 Å². The lowest BCUT2D eigenvalue weighted by atomic mass is 10.0. The Bertz CT molecular complexity index is 1440. The molecular formula is C26H26N4O5S. The molecule has 0 amide bonds. The number of sulfonamides is 1. The highest BCUT2D eigenvalue weighted by atomic mass is 32.2. The molecule has 2 aromatic carbocycles. The Morgan fingerprint density at radius 1 is 0.917 bits per heavy atom. The molecule has 1 aromatic heterocycles. The van der Waals surface area contributed by atoms with E-state index in [0.717, 1.165) is 43.0 Å². The second-order valence-corrected chi connectivity index (χ2v) is 11.0. The standard InChI is InChI=1S/C26H26N4O5S/c31-26(18-2-1-3-21(12-18)29-8-6-27-7-9-29)23-13-19-16-30(17-20(19)15-28-23)36(32,33)22-4-5-24-25(14-22)35-11-10-34-24/h1-5,12-15,27H,6-11,16-17H2. The van der Waals surface area contributed by atoms with Crippen LogP contribution >= 0.6 is 0 Å². The van der Waals surface area contributed by atoms with Gasteiger partial charge in [0, 0.05) is 62.8 Å². The first-order valence-corrected chi connectivity index (χ1v) is 13.4. The summed E-state index contributed by atoms with van der Waals surface area (Å²) in [4.78, 5) is 20.1. The van der Waals surface area contributed by atoms with Crippen molar-refractivity contribution in [2.75, 3.05) is 44.3 Å². The highest BCUT2D eigenvalue weighted by molar-refractivity contribution is 7.89. The molecule has 0 bridgehead atoms. The van der Waals surface area contributed by atoms with Crippen LogP contribution in [0.3, 0.4) is 0 Å². The van der Waals surface area contributed by atoms with Gasteiger partial charge in [0.25, 0.3) is 0 Å². The van der Waals surface area contributed by atoms with E-state index in [0.29, 0.717) is 36.0 Å². The van der Waals surface area contributed by atoms with Gasteiger partial charge in [-0.2, -0.15) is 4.31 Å². The second-order valence-electron chi connectivity index (χ2n) is 9.03. The van der Waals surface area contributed by atoms with E-state index in [4.69, 9.17) is 9.47 Å². The van der Waals surface area contributed by atoms with Crippen molar-refractivity contribution in [2.45, 2.75) is 18.0 Å². The summed E-state index contributed by atoms with van der Waals surface area (Å²) in [6.07, 6.45) is 1.61. The van der Waals surface area contributed by atoms with Gasteiger partial charge in [-0.15, -0.1) is 0 Å². The highest BCUT2D eigenvalue weighted by Gasteiger charge is 2.32. The van der Waals surface area contributed by atoms with E-state index < -0.39 is 10.0 Å². The minimum Gasteiger partial charge on any atom is -0.486 e. The third-order valence-corrected chi connectivity index (χ3v) is 8.54. The largest absolute Gasteiger partial charge is 0.486 e. The fraction of sp³-hybridized carbons (Fsp3) is 0.308. The highest BCUT2D eigenvalue weighted by Crippen LogP contribution is 2.35. The average molecular weight is 507 g/mol. The van der Waals surface area contributed by atoms with Crippen molar-refractivity contribution in [3.05, 3.63) is 77.1 Å². The molecule has 0 saturated carbocycles. The summed E-state index contributed by atoms with van der Waals surface area (Å²) < 4.78 is 39.1. The lowest BCUT2D eigenvalue weighted by Crippen LogP contribution is -2.43. The summed E-state index contributed by atoms with van der Waals surface area (Å²) >= 11 is 0. The number of nitrogens with one attached hydrogen (secondary N) is 1. The summed E-state index contributed by atoms with van der Waals surface area (Å²) in [5.74, 6) is 0.790. The second kappa shape index (κ2) is 9.20. The van der Waals surface area contributed by atoms with Gasteiger partial charge in [0.2, 0.25) is 15.8 Å². The van der Waals surface area contributed by atoms with Crippen molar-refractivity contribution >= 4 is 21.5 Å². The maximum Gasteiger partial charge on any atom is 0.243 e. The number of aromatic nitrogens is 1. The average Bonchev–Trinajstić information content (AvgIpc) is 3.37. The maximum atomic E-state index is 13.3. The molecule has 0 radical (unpaired) electrons. The van der Waals surface area contributed by atoms with Crippen molar-refractivity contribution in [3.8, 4) is 11.5 Å². The number of anilines is 1. The van der Waals surface area contributed by atoms with Gasteiger partial charge in [-0.25, -0.2) is 8.42 Å². The van der Waals surface area contributed by atoms with E-state index in [1.165, 1.54) is 16.4 Å². The number of ether oxygens (including phenoxy) is 2. The number of ketones is 1. The molecule has 0 unspecified atom stereocenters. The molecule has 1 saturated heterocycles. The van der Waals surface area contributed by atoms with Gasteiger partial charge < -0.3 is 19.7 Å². The number of fused-ring (bicyclic) bond motifs is 2. The molecule has 3 aliphatic heterocycles. The van der Waals surface area contributed by atoms with Crippen molar-refractivity contribution in [3.63, 3.8) is 0 Å². The molecule has 6 rings (SSSR count). The van der Waals surface area contributed by atoms with Crippen LogP contribution in [0.1, 0.15) is 27.2 Å². The zero-order valence-electron chi connectivity index (χ0n) is 19.6. The van der Waals surface area contributed by atoms with Gasteiger partial charge in [0.15, 0.2) is 11.5 Å². The third kappa shape index (κ3) is 4.21. The van der Waals surface area contributed by atoms with Crippen LogP contribution in [0.4, 0.5) is 5.69 Å². The van der Waals surface area contributed by atoms with E-state index in [2.05, 4.69) is 15.2 Å². The predicted octanol–water partition coefficient (Wildman–Crippen LogP) is 2.20. The number of nitrogens with zero attached hydrogens (tertiary/aromatic N) is 3. The number of pyridine rings is 1.